The fourth-order valence-electron chi connectivity index (χ4n) is 1.59. The number of anilines is 1. The van der Waals surface area contributed by atoms with E-state index in [-0.39, 0.29) is 17.2 Å². The zero-order valence-electron chi connectivity index (χ0n) is 10.3. The minimum atomic E-state index is -0.367. The maximum Gasteiger partial charge on any atom is 0.244 e. The lowest BCUT2D eigenvalue weighted by Crippen LogP contribution is -2.36. The molecule has 0 fully saturated rings. The quantitative estimate of drug-likeness (QED) is 0.878. The van der Waals surface area contributed by atoms with Crippen LogP contribution in [0, 0.1) is 0 Å². The topological polar surface area (TPSA) is 58.1 Å². The molecule has 0 bridgehead atoms. The Morgan fingerprint density at radius 3 is 2.89 bits per heavy atom. The number of aromatic nitrogens is 2. The largest absolute Gasteiger partial charge is 0.358 e. The highest BCUT2D eigenvalue weighted by molar-refractivity contribution is 7.16. The van der Waals surface area contributed by atoms with Gasteiger partial charge in [0.2, 0.25) is 11.2 Å². The molecule has 18 heavy (non-hydrogen) atoms. The van der Waals surface area contributed by atoms with Crippen LogP contribution in [-0.4, -0.2) is 40.9 Å². The molecule has 0 radical (unpaired) electrons. The molecule has 5 nitrogen and oxygen atoms in total. The van der Waals surface area contributed by atoms with E-state index in [1.54, 1.807) is 21.0 Å². The van der Waals surface area contributed by atoms with Gasteiger partial charge in [-0.1, -0.05) is 0 Å². The van der Waals surface area contributed by atoms with Crippen LogP contribution in [-0.2, 0) is 4.79 Å². The highest BCUT2D eigenvalue weighted by Gasteiger charge is 2.17. The number of hydrogen-bond donors (Lipinski definition) is 1. The van der Waals surface area contributed by atoms with E-state index in [0.29, 0.717) is 5.82 Å². The van der Waals surface area contributed by atoms with Crippen molar-refractivity contribution >= 4 is 44.9 Å². The summed E-state index contributed by atoms with van der Waals surface area (Å²) in [5.74, 6) is 0.571. The minimum absolute atomic E-state index is 0.0203. The van der Waals surface area contributed by atoms with E-state index >= 15 is 0 Å². The SMILES string of the molecule is CC(Nc1nc(Cl)nc2sccc12)C(=O)N(C)C. The van der Waals surface area contributed by atoms with Crippen LogP contribution in [0.4, 0.5) is 5.82 Å². The van der Waals surface area contributed by atoms with Crippen LogP contribution in [0.2, 0.25) is 5.28 Å². The first-order chi connectivity index (χ1) is 8.49. The average molecular weight is 285 g/mol. The molecule has 1 N–H and O–H groups in total. The monoisotopic (exact) mass is 284 g/mol. The van der Waals surface area contributed by atoms with E-state index in [9.17, 15) is 4.79 Å². The van der Waals surface area contributed by atoms with Crippen molar-refractivity contribution in [3.8, 4) is 0 Å². The Morgan fingerprint density at radius 1 is 1.50 bits per heavy atom. The molecule has 0 aliphatic carbocycles. The maximum atomic E-state index is 11.8. The maximum absolute atomic E-state index is 11.8. The molecule has 1 atom stereocenters. The molecule has 0 aliphatic rings. The average Bonchev–Trinajstić information content (AvgIpc) is 2.75. The van der Waals surface area contributed by atoms with Crippen molar-refractivity contribution in [3.05, 3.63) is 16.7 Å². The van der Waals surface area contributed by atoms with E-state index in [1.165, 1.54) is 16.2 Å². The summed E-state index contributed by atoms with van der Waals surface area (Å²) in [6, 6.07) is 1.54. The van der Waals surface area contributed by atoms with E-state index in [0.717, 1.165) is 10.2 Å². The number of nitrogens with zero attached hydrogens (tertiary/aromatic N) is 3. The van der Waals surface area contributed by atoms with E-state index in [2.05, 4.69) is 15.3 Å². The van der Waals surface area contributed by atoms with Crippen molar-refractivity contribution in [1.82, 2.24) is 14.9 Å². The zero-order valence-corrected chi connectivity index (χ0v) is 11.8. The van der Waals surface area contributed by atoms with Gasteiger partial charge < -0.3 is 10.2 Å². The van der Waals surface area contributed by atoms with Gasteiger partial charge >= 0.3 is 0 Å². The molecule has 0 aliphatic heterocycles. The van der Waals surface area contributed by atoms with Crippen LogP contribution in [0.3, 0.4) is 0 Å². The van der Waals surface area contributed by atoms with Crippen LogP contribution in [0.25, 0.3) is 10.2 Å². The molecule has 0 spiro atoms. The summed E-state index contributed by atoms with van der Waals surface area (Å²) in [6.07, 6.45) is 0. The smallest absolute Gasteiger partial charge is 0.244 e. The fourth-order valence-corrected chi connectivity index (χ4v) is 2.58. The van der Waals surface area contributed by atoms with E-state index < -0.39 is 0 Å². The lowest BCUT2D eigenvalue weighted by atomic mass is 10.3. The van der Waals surface area contributed by atoms with Gasteiger partial charge in [-0.25, -0.2) is 9.97 Å². The summed E-state index contributed by atoms with van der Waals surface area (Å²) in [5.41, 5.74) is 0. The molecule has 96 valence electrons. The van der Waals surface area contributed by atoms with Crippen molar-refractivity contribution in [1.29, 1.82) is 0 Å². The van der Waals surface area contributed by atoms with E-state index in [1.807, 2.05) is 11.4 Å². The van der Waals surface area contributed by atoms with Gasteiger partial charge in [-0.15, -0.1) is 11.3 Å². The van der Waals surface area contributed by atoms with Crippen molar-refractivity contribution in [2.75, 3.05) is 19.4 Å². The van der Waals surface area contributed by atoms with Crippen LogP contribution >= 0.6 is 22.9 Å². The molecule has 0 saturated heterocycles. The normalized spacial score (nSPS) is 12.4. The minimum Gasteiger partial charge on any atom is -0.358 e. The number of rotatable bonds is 3. The van der Waals surface area contributed by atoms with Gasteiger partial charge in [0.25, 0.3) is 0 Å². The Bertz CT molecular complexity index is 583. The van der Waals surface area contributed by atoms with Gasteiger partial charge in [0.1, 0.15) is 16.7 Å². The van der Waals surface area contributed by atoms with Crippen LogP contribution < -0.4 is 5.32 Å². The fraction of sp³-hybridized carbons (Fsp3) is 0.364. The third kappa shape index (κ3) is 2.54. The first-order valence-corrected chi connectivity index (χ1v) is 6.63. The highest BCUT2D eigenvalue weighted by atomic mass is 35.5. The standard InChI is InChI=1S/C11H13ClN4OS/c1-6(10(17)16(2)3)13-8-7-4-5-18-9(7)15-11(12)14-8/h4-6H,1-3H3,(H,13,14,15). The van der Waals surface area contributed by atoms with Crippen molar-refractivity contribution in [2.45, 2.75) is 13.0 Å². The predicted molar refractivity (Wildman–Crippen MR) is 74.2 cm³/mol. The van der Waals surface area contributed by atoms with Crippen LogP contribution in [0.15, 0.2) is 11.4 Å². The summed E-state index contributed by atoms with van der Waals surface area (Å²) in [5, 5.41) is 6.04. The third-order valence-electron chi connectivity index (χ3n) is 2.46. The van der Waals surface area contributed by atoms with Gasteiger partial charge in [0.05, 0.1) is 5.39 Å². The summed E-state index contributed by atoms with van der Waals surface area (Å²) >= 11 is 7.34. The zero-order chi connectivity index (χ0) is 13.3. The molecule has 2 rings (SSSR count). The van der Waals surface area contributed by atoms with Crippen molar-refractivity contribution in [2.24, 2.45) is 0 Å². The van der Waals surface area contributed by atoms with Gasteiger partial charge in [0, 0.05) is 14.1 Å². The second-order valence-corrected chi connectivity index (χ2v) is 5.31. The predicted octanol–water partition coefficient (Wildman–Crippen LogP) is 2.23. The number of carbonyl (C=O) groups excluding carboxylic acids is 1. The van der Waals surface area contributed by atoms with Crippen LogP contribution in [0.1, 0.15) is 6.92 Å². The Kier molecular flexibility index (Phi) is 3.68. The molecule has 1 unspecified atom stereocenters. The summed E-state index contributed by atoms with van der Waals surface area (Å²) in [7, 11) is 3.43. The Balaban J connectivity index is 2.31. The summed E-state index contributed by atoms with van der Waals surface area (Å²) in [4.78, 5) is 22.4. The molecule has 0 saturated carbocycles. The highest BCUT2D eigenvalue weighted by Crippen LogP contribution is 2.26. The number of nitrogens with one attached hydrogen (secondary N) is 1. The lowest BCUT2D eigenvalue weighted by molar-refractivity contribution is -0.129. The molecule has 7 heteroatoms. The number of thiophene rings is 1. The van der Waals surface area contributed by atoms with Gasteiger partial charge in [-0.3, -0.25) is 4.79 Å². The molecular formula is C11H13ClN4OS. The van der Waals surface area contributed by atoms with Crippen LogP contribution in [0.5, 0.6) is 0 Å². The molecule has 2 aromatic rings. The molecule has 0 aromatic carbocycles. The van der Waals surface area contributed by atoms with Gasteiger partial charge in [-0.05, 0) is 30.0 Å². The number of hydrogen-bond acceptors (Lipinski definition) is 5. The first kappa shape index (κ1) is 13.0. The molecule has 2 aromatic heterocycles. The summed E-state index contributed by atoms with van der Waals surface area (Å²) < 4.78 is 0. The second kappa shape index (κ2) is 5.07. The van der Waals surface area contributed by atoms with Crippen molar-refractivity contribution in [3.63, 3.8) is 0 Å². The Labute approximate surface area is 114 Å². The summed E-state index contributed by atoms with van der Waals surface area (Å²) in [6.45, 7) is 1.79. The Hall–Kier alpha value is -1.40. The van der Waals surface area contributed by atoms with Gasteiger partial charge in [0.15, 0.2) is 0 Å². The second-order valence-electron chi connectivity index (χ2n) is 4.08. The third-order valence-corrected chi connectivity index (χ3v) is 3.44. The van der Waals surface area contributed by atoms with E-state index in [4.69, 9.17) is 11.6 Å². The first-order valence-electron chi connectivity index (χ1n) is 5.37. The number of halogens is 1. The number of fused-ring (bicyclic) bond motifs is 1. The lowest BCUT2D eigenvalue weighted by Gasteiger charge is -2.18. The van der Waals surface area contributed by atoms with Crippen molar-refractivity contribution < 1.29 is 4.79 Å². The number of likely N-dealkylation sites (N-methyl/N-ethyl adjacent to an activating group) is 1. The number of carbonyl (C=O) groups is 1. The van der Waals surface area contributed by atoms with Gasteiger partial charge in [-0.2, -0.15) is 0 Å². The molecule has 1 amide bonds. The molecule has 2 heterocycles. The molecular weight excluding hydrogens is 272 g/mol. The number of amides is 1. The Morgan fingerprint density at radius 2 is 2.22 bits per heavy atom.